The van der Waals surface area contributed by atoms with Crippen LogP contribution in [0.3, 0.4) is 0 Å². The van der Waals surface area contributed by atoms with Gasteiger partial charge in [-0.05, 0) is 24.6 Å². The maximum atomic E-state index is 13.4. The van der Waals surface area contributed by atoms with Crippen molar-refractivity contribution in [3.05, 3.63) is 63.4 Å². The summed E-state index contributed by atoms with van der Waals surface area (Å²) < 4.78 is 19.0. The Morgan fingerprint density at radius 2 is 2.07 bits per heavy atom. The van der Waals surface area contributed by atoms with Crippen molar-refractivity contribution in [2.45, 2.75) is 30.9 Å². The molecular weight excluding hydrogens is 392 g/mol. The van der Waals surface area contributed by atoms with Crippen LogP contribution in [-0.4, -0.2) is 31.1 Å². The molecule has 0 fully saturated rings. The molecule has 7 nitrogen and oxygen atoms in total. The summed E-state index contributed by atoms with van der Waals surface area (Å²) in [6.07, 6.45) is 1.40. The summed E-state index contributed by atoms with van der Waals surface area (Å²) in [5, 5.41) is 12.0. The monoisotopic (exact) mass is 410 g/mol. The molecule has 1 N–H and O–H groups in total. The lowest BCUT2D eigenvalue weighted by molar-refractivity contribution is -0.173. The molecule has 2 unspecified atom stereocenters. The van der Waals surface area contributed by atoms with E-state index in [0.717, 1.165) is 16.5 Å². The van der Waals surface area contributed by atoms with Gasteiger partial charge in [0, 0.05) is 22.8 Å². The number of aromatic nitrogens is 2. The summed E-state index contributed by atoms with van der Waals surface area (Å²) >= 11 is 0. The number of rotatable bonds is 2. The van der Waals surface area contributed by atoms with Crippen molar-refractivity contribution < 1.29 is 18.8 Å². The maximum Gasteiger partial charge on any atom is 0.344 e. The molecule has 3 aromatic rings. The van der Waals surface area contributed by atoms with Gasteiger partial charge in [-0.1, -0.05) is 25.1 Å². The van der Waals surface area contributed by atoms with Crippen molar-refractivity contribution in [1.29, 1.82) is 0 Å². The fraction of sp³-hybridized carbons (Fsp3) is 0.286. The van der Waals surface area contributed by atoms with Gasteiger partial charge in [-0.2, -0.15) is 0 Å². The van der Waals surface area contributed by atoms with Gasteiger partial charge in [-0.25, -0.2) is 9.78 Å². The van der Waals surface area contributed by atoms with Gasteiger partial charge in [-0.3, -0.25) is 9.00 Å². The molecule has 0 saturated heterocycles. The van der Waals surface area contributed by atoms with Crippen LogP contribution in [0.15, 0.2) is 41.2 Å². The molecule has 0 aliphatic carbocycles. The topological polar surface area (TPSA) is 98.5 Å². The van der Waals surface area contributed by atoms with E-state index in [4.69, 9.17) is 9.72 Å². The molecule has 5 rings (SSSR count). The van der Waals surface area contributed by atoms with Gasteiger partial charge < -0.3 is 14.4 Å². The van der Waals surface area contributed by atoms with Crippen LogP contribution in [0.1, 0.15) is 35.5 Å². The Hall–Kier alpha value is -2.84. The predicted molar refractivity (Wildman–Crippen MR) is 108 cm³/mol. The third-order valence-corrected chi connectivity index (χ3v) is 6.69. The van der Waals surface area contributed by atoms with E-state index in [1.807, 2.05) is 30.3 Å². The third kappa shape index (κ3) is 2.39. The fourth-order valence-corrected chi connectivity index (χ4v) is 4.97. The van der Waals surface area contributed by atoms with Crippen LogP contribution in [0.5, 0.6) is 0 Å². The molecule has 4 heterocycles. The number of benzene rings is 1. The number of nitrogens with zero attached hydrogens (tertiary/aromatic N) is 2. The minimum atomic E-state index is -1.96. The van der Waals surface area contributed by atoms with Gasteiger partial charge in [0.15, 0.2) is 5.60 Å². The lowest BCUT2D eigenvalue weighted by atomic mass is 9.86. The summed E-state index contributed by atoms with van der Waals surface area (Å²) in [6, 6.07) is 11.3. The van der Waals surface area contributed by atoms with Crippen LogP contribution in [0.4, 0.5) is 0 Å². The molecule has 2 aliphatic heterocycles. The molecular formula is C21H18N2O5S. The van der Waals surface area contributed by atoms with E-state index in [1.54, 1.807) is 17.6 Å². The van der Waals surface area contributed by atoms with Crippen molar-refractivity contribution >= 4 is 27.7 Å². The molecule has 0 spiro atoms. The quantitative estimate of drug-likeness (QED) is 0.507. The van der Waals surface area contributed by atoms with E-state index in [-0.39, 0.29) is 17.5 Å². The molecule has 0 bridgehead atoms. The van der Waals surface area contributed by atoms with Crippen LogP contribution in [0.25, 0.3) is 22.3 Å². The lowest BCUT2D eigenvalue weighted by Gasteiger charge is -2.35. The second kappa shape index (κ2) is 6.08. The van der Waals surface area contributed by atoms with Crippen LogP contribution in [0.2, 0.25) is 0 Å². The predicted octanol–water partition coefficient (Wildman–Crippen LogP) is 1.96. The Morgan fingerprint density at radius 3 is 2.79 bits per heavy atom. The summed E-state index contributed by atoms with van der Waals surface area (Å²) in [4.78, 5) is 30.6. The standard InChI is InChI=1S/C21H18N2O5S/c1-3-21(26)13-9-15-17-12(8-11-6-4-5-7-14(11)22-17)10-23(15)18(24)16(13)19(29(2)27)28-20(21)25/h4-9,19,26H,3,10H2,1-2H3/t19?,21-,29?/m0/s1. The normalized spacial score (nSPS) is 23.3. The Kier molecular flexibility index (Phi) is 3.81. The second-order valence-electron chi connectivity index (χ2n) is 7.39. The van der Waals surface area contributed by atoms with E-state index >= 15 is 0 Å². The lowest BCUT2D eigenvalue weighted by Crippen LogP contribution is -2.46. The van der Waals surface area contributed by atoms with Crippen LogP contribution in [-0.2, 0) is 32.5 Å². The van der Waals surface area contributed by atoms with Crippen molar-refractivity contribution in [2.24, 2.45) is 0 Å². The van der Waals surface area contributed by atoms with E-state index in [2.05, 4.69) is 0 Å². The largest absolute Gasteiger partial charge is 0.441 e. The number of hydrogen-bond donors (Lipinski definition) is 1. The van der Waals surface area contributed by atoms with Crippen molar-refractivity contribution in [2.75, 3.05) is 6.26 Å². The molecule has 148 valence electrons. The number of esters is 1. The number of aliphatic hydroxyl groups is 1. The number of cyclic esters (lactones) is 1. The Bertz CT molecular complexity index is 1300. The van der Waals surface area contributed by atoms with Gasteiger partial charge in [-0.15, -0.1) is 0 Å². The molecule has 0 radical (unpaired) electrons. The third-order valence-electron chi connectivity index (χ3n) is 5.76. The second-order valence-corrected chi connectivity index (χ2v) is 8.81. The van der Waals surface area contributed by atoms with Gasteiger partial charge in [0.2, 0.25) is 5.44 Å². The van der Waals surface area contributed by atoms with Crippen molar-refractivity contribution in [3.8, 4) is 11.4 Å². The maximum absolute atomic E-state index is 13.4. The van der Waals surface area contributed by atoms with Crippen LogP contribution >= 0.6 is 0 Å². The van der Waals surface area contributed by atoms with E-state index < -0.39 is 33.4 Å². The summed E-state index contributed by atoms with van der Waals surface area (Å²) in [5.41, 5.74) is -0.477. The molecule has 0 amide bonds. The van der Waals surface area contributed by atoms with Crippen molar-refractivity contribution in [1.82, 2.24) is 9.55 Å². The SMILES string of the molecule is CC[C@@]1(O)C(=O)OC(S(C)=O)c2c1cc1n(c2=O)Cc2cc3ccccc3nc2-1. The zero-order chi connectivity index (χ0) is 20.5. The molecule has 8 heteroatoms. The van der Waals surface area contributed by atoms with Crippen LogP contribution in [0, 0.1) is 0 Å². The van der Waals surface area contributed by atoms with Gasteiger partial charge in [0.25, 0.3) is 5.56 Å². The molecule has 1 aromatic carbocycles. The minimum Gasteiger partial charge on any atom is -0.441 e. The highest BCUT2D eigenvalue weighted by atomic mass is 32.2. The zero-order valence-corrected chi connectivity index (χ0v) is 16.7. The molecule has 0 saturated carbocycles. The zero-order valence-electron chi connectivity index (χ0n) is 15.8. The Morgan fingerprint density at radius 1 is 1.31 bits per heavy atom. The Labute approximate surface area is 168 Å². The molecule has 3 atom stereocenters. The first kappa shape index (κ1) is 18.2. The van der Waals surface area contributed by atoms with Gasteiger partial charge >= 0.3 is 5.97 Å². The number of pyridine rings is 2. The molecule has 29 heavy (non-hydrogen) atoms. The molecule has 2 aliphatic rings. The Balaban J connectivity index is 1.83. The number of carbonyl (C=O) groups excluding carboxylic acids is 1. The average molecular weight is 410 g/mol. The fourth-order valence-electron chi connectivity index (χ4n) is 4.19. The number of ether oxygens (including phenoxy) is 1. The summed E-state index contributed by atoms with van der Waals surface area (Å²) in [5.74, 6) is -0.887. The van der Waals surface area contributed by atoms with E-state index in [1.165, 1.54) is 6.26 Å². The first-order valence-corrected chi connectivity index (χ1v) is 10.9. The molecule has 2 aromatic heterocycles. The smallest absolute Gasteiger partial charge is 0.344 e. The first-order valence-electron chi connectivity index (χ1n) is 9.28. The van der Waals surface area contributed by atoms with Crippen molar-refractivity contribution in [3.63, 3.8) is 0 Å². The number of carbonyl (C=O) groups is 1. The van der Waals surface area contributed by atoms with E-state index in [9.17, 15) is 18.9 Å². The number of hydrogen-bond acceptors (Lipinski definition) is 6. The highest BCUT2D eigenvalue weighted by Crippen LogP contribution is 2.42. The van der Waals surface area contributed by atoms with Gasteiger partial charge in [0.1, 0.15) is 0 Å². The number of fused-ring (bicyclic) bond motifs is 5. The van der Waals surface area contributed by atoms with Crippen LogP contribution < -0.4 is 5.56 Å². The number of para-hydroxylation sites is 1. The summed E-state index contributed by atoms with van der Waals surface area (Å²) in [6.45, 7) is 1.95. The summed E-state index contributed by atoms with van der Waals surface area (Å²) in [7, 11) is -1.63. The first-order chi connectivity index (χ1) is 13.8. The highest BCUT2D eigenvalue weighted by molar-refractivity contribution is 7.84. The average Bonchev–Trinajstić information content (AvgIpc) is 3.07. The van der Waals surface area contributed by atoms with Gasteiger partial charge in [0.05, 0.1) is 39.8 Å². The minimum absolute atomic E-state index is 0.0306. The highest BCUT2D eigenvalue weighted by Gasteiger charge is 2.49. The van der Waals surface area contributed by atoms with E-state index in [0.29, 0.717) is 17.9 Å².